The molecule has 9 heteroatoms. The summed E-state index contributed by atoms with van der Waals surface area (Å²) >= 11 is 0. The van der Waals surface area contributed by atoms with Gasteiger partial charge in [0.25, 0.3) is 5.56 Å². The third-order valence-electron chi connectivity index (χ3n) is 5.46. The maximum atomic E-state index is 13.7. The monoisotopic (exact) mass is 402 g/mol. The van der Waals surface area contributed by atoms with E-state index >= 15 is 0 Å². The second-order valence-electron chi connectivity index (χ2n) is 7.63. The molecular weight excluding hydrogens is 380 g/mol. The number of benzene rings is 1. The van der Waals surface area contributed by atoms with Crippen molar-refractivity contribution in [1.29, 1.82) is 0 Å². The Morgan fingerprint density at radius 2 is 2.10 bits per heavy atom. The predicted molar refractivity (Wildman–Crippen MR) is 117 cm³/mol. The van der Waals surface area contributed by atoms with Crippen molar-refractivity contribution in [3.8, 4) is 11.1 Å². The normalized spacial score (nSPS) is 14.7. The highest BCUT2D eigenvalue weighted by Gasteiger charge is 2.30. The summed E-state index contributed by atoms with van der Waals surface area (Å²) in [6, 6.07) is 7.93. The van der Waals surface area contributed by atoms with Gasteiger partial charge in [0.15, 0.2) is 5.82 Å². The van der Waals surface area contributed by atoms with E-state index in [1.54, 1.807) is 12.4 Å². The summed E-state index contributed by atoms with van der Waals surface area (Å²) in [6.45, 7) is 1.98. The van der Waals surface area contributed by atoms with Gasteiger partial charge < -0.3 is 21.4 Å². The molecule has 1 saturated carbocycles. The van der Waals surface area contributed by atoms with Gasteiger partial charge in [-0.15, -0.1) is 0 Å². The van der Waals surface area contributed by atoms with E-state index < -0.39 is 0 Å². The Labute approximate surface area is 172 Å². The van der Waals surface area contributed by atoms with Crippen molar-refractivity contribution in [1.82, 2.24) is 24.7 Å². The Morgan fingerprint density at radius 1 is 1.27 bits per heavy atom. The lowest BCUT2D eigenvalue weighted by Gasteiger charge is -2.22. The van der Waals surface area contributed by atoms with Crippen molar-refractivity contribution in [2.24, 2.45) is 0 Å². The Morgan fingerprint density at radius 3 is 2.83 bits per heavy atom. The van der Waals surface area contributed by atoms with Crippen LogP contribution in [0.3, 0.4) is 0 Å². The van der Waals surface area contributed by atoms with E-state index in [0.29, 0.717) is 16.9 Å². The summed E-state index contributed by atoms with van der Waals surface area (Å²) in [5, 5.41) is 11.7. The smallest absolute Gasteiger partial charge is 0.259 e. The molecule has 1 aliphatic rings. The number of nitrogens with zero attached hydrogens (tertiary/aromatic N) is 4. The van der Waals surface area contributed by atoms with Gasteiger partial charge in [-0.3, -0.25) is 9.89 Å². The number of aromatic amines is 1. The Balaban J connectivity index is 1.66. The number of nitrogen functional groups attached to an aromatic ring is 2. The van der Waals surface area contributed by atoms with Gasteiger partial charge in [-0.2, -0.15) is 10.1 Å². The topological polar surface area (TPSA) is 141 Å². The minimum absolute atomic E-state index is 0.00521. The molecular formula is C21H22N8O. The molecule has 3 aromatic heterocycles. The summed E-state index contributed by atoms with van der Waals surface area (Å²) in [6.07, 6.45) is 6.98. The maximum Gasteiger partial charge on any atom is 0.259 e. The van der Waals surface area contributed by atoms with Crippen molar-refractivity contribution in [3.63, 3.8) is 0 Å². The first-order chi connectivity index (χ1) is 14.5. The quantitative estimate of drug-likeness (QED) is 0.402. The van der Waals surface area contributed by atoms with Gasteiger partial charge in [-0.1, -0.05) is 18.2 Å². The molecule has 9 nitrogen and oxygen atoms in total. The standard InChI is InChI=1S/C21H22N8O/c1-11(27-19-16(22)10-24-21(23)28-19)17-7-12-3-2-4-15(13-8-25-26-9-13)18(12)20(30)29(17)14-5-6-14/h2-4,7-11,14H,5-6,22H2,1H3,(H,25,26)(H3,23,24,27,28)/t11-/m0/s1. The zero-order chi connectivity index (χ0) is 20.8. The summed E-state index contributed by atoms with van der Waals surface area (Å²) in [4.78, 5) is 21.8. The number of nitrogens with two attached hydrogens (primary N) is 2. The molecule has 0 saturated heterocycles. The molecule has 0 aliphatic heterocycles. The van der Waals surface area contributed by atoms with Gasteiger partial charge in [0, 0.05) is 23.5 Å². The molecule has 1 aromatic carbocycles. The molecule has 0 radical (unpaired) electrons. The summed E-state index contributed by atoms with van der Waals surface area (Å²) in [7, 11) is 0. The number of rotatable bonds is 5. The molecule has 0 bridgehead atoms. The third-order valence-corrected chi connectivity index (χ3v) is 5.46. The fourth-order valence-electron chi connectivity index (χ4n) is 3.88. The zero-order valence-corrected chi connectivity index (χ0v) is 16.5. The Hall–Kier alpha value is -3.88. The van der Waals surface area contributed by atoms with E-state index in [0.717, 1.165) is 35.0 Å². The predicted octanol–water partition coefficient (Wildman–Crippen LogP) is 2.85. The number of fused-ring (bicyclic) bond motifs is 1. The van der Waals surface area contributed by atoms with Crippen molar-refractivity contribution in [2.75, 3.05) is 16.8 Å². The highest BCUT2D eigenvalue weighted by Crippen LogP contribution is 2.38. The van der Waals surface area contributed by atoms with Crippen LogP contribution in [0.5, 0.6) is 0 Å². The SMILES string of the molecule is C[C@H](Nc1nc(N)ncc1N)c1cc2cccc(-c3cn[nH]c3)c2c(=O)n1C1CC1. The Bertz CT molecular complexity index is 1290. The first-order valence-electron chi connectivity index (χ1n) is 9.84. The van der Waals surface area contributed by atoms with E-state index in [1.807, 2.05) is 29.7 Å². The maximum absolute atomic E-state index is 13.7. The molecule has 1 aliphatic carbocycles. The first kappa shape index (κ1) is 18.2. The molecule has 30 heavy (non-hydrogen) atoms. The van der Waals surface area contributed by atoms with E-state index in [2.05, 4.69) is 31.5 Å². The molecule has 152 valence electrons. The molecule has 5 rings (SSSR count). The van der Waals surface area contributed by atoms with Crippen molar-refractivity contribution in [3.05, 3.63) is 58.9 Å². The van der Waals surface area contributed by atoms with Crippen molar-refractivity contribution >= 4 is 28.2 Å². The highest BCUT2D eigenvalue weighted by atomic mass is 16.1. The van der Waals surface area contributed by atoms with Crippen LogP contribution in [0, 0.1) is 0 Å². The molecule has 0 unspecified atom stereocenters. The van der Waals surface area contributed by atoms with E-state index in [1.165, 1.54) is 6.20 Å². The third kappa shape index (κ3) is 3.04. The lowest BCUT2D eigenvalue weighted by atomic mass is 10.00. The van der Waals surface area contributed by atoms with Crippen LogP contribution in [0.1, 0.15) is 37.5 Å². The second kappa shape index (κ2) is 6.87. The molecule has 6 N–H and O–H groups in total. The summed E-state index contributed by atoms with van der Waals surface area (Å²) in [5.74, 6) is 0.596. The number of pyridine rings is 1. The van der Waals surface area contributed by atoms with Crippen molar-refractivity contribution < 1.29 is 0 Å². The van der Waals surface area contributed by atoms with Gasteiger partial charge in [-0.25, -0.2) is 4.98 Å². The number of nitrogens with one attached hydrogen (secondary N) is 2. The largest absolute Gasteiger partial charge is 0.394 e. The van der Waals surface area contributed by atoms with Crippen LogP contribution in [0.15, 0.2) is 47.7 Å². The molecule has 3 heterocycles. The van der Waals surface area contributed by atoms with Crippen LogP contribution in [0.2, 0.25) is 0 Å². The van der Waals surface area contributed by atoms with Crippen LogP contribution in [0.4, 0.5) is 17.5 Å². The summed E-state index contributed by atoms with van der Waals surface area (Å²) < 4.78 is 1.91. The van der Waals surface area contributed by atoms with Gasteiger partial charge >= 0.3 is 0 Å². The van der Waals surface area contributed by atoms with Crippen LogP contribution in [0.25, 0.3) is 21.9 Å². The lowest BCUT2D eigenvalue weighted by molar-refractivity contribution is 0.636. The molecule has 1 fully saturated rings. The van der Waals surface area contributed by atoms with E-state index in [-0.39, 0.29) is 23.6 Å². The summed E-state index contributed by atoms with van der Waals surface area (Å²) in [5.41, 5.74) is 14.8. The van der Waals surface area contributed by atoms with Gasteiger partial charge in [0.05, 0.1) is 29.5 Å². The zero-order valence-electron chi connectivity index (χ0n) is 16.5. The van der Waals surface area contributed by atoms with Gasteiger partial charge in [0.1, 0.15) is 0 Å². The number of hydrogen-bond donors (Lipinski definition) is 4. The average molecular weight is 402 g/mol. The highest BCUT2D eigenvalue weighted by molar-refractivity contribution is 5.96. The number of anilines is 3. The molecule has 0 spiro atoms. The van der Waals surface area contributed by atoms with E-state index in [4.69, 9.17) is 11.5 Å². The minimum Gasteiger partial charge on any atom is -0.394 e. The number of hydrogen-bond acceptors (Lipinski definition) is 7. The average Bonchev–Trinajstić information content (AvgIpc) is 3.42. The Kier molecular flexibility index (Phi) is 4.16. The molecule has 1 atom stereocenters. The fourth-order valence-corrected chi connectivity index (χ4v) is 3.88. The number of aromatic nitrogens is 5. The lowest BCUT2D eigenvalue weighted by Crippen LogP contribution is -2.26. The van der Waals surface area contributed by atoms with Gasteiger partial charge in [0.2, 0.25) is 5.95 Å². The van der Waals surface area contributed by atoms with Gasteiger partial charge in [-0.05, 0) is 36.8 Å². The van der Waals surface area contributed by atoms with Crippen molar-refractivity contribution in [2.45, 2.75) is 31.8 Å². The minimum atomic E-state index is -0.211. The second-order valence-corrected chi connectivity index (χ2v) is 7.63. The van der Waals surface area contributed by atoms with Crippen LogP contribution in [-0.4, -0.2) is 24.7 Å². The fraction of sp³-hybridized carbons (Fsp3) is 0.238. The number of H-pyrrole nitrogens is 1. The van der Waals surface area contributed by atoms with Crippen LogP contribution in [-0.2, 0) is 0 Å². The van der Waals surface area contributed by atoms with Crippen LogP contribution >= 0.6 is 0 Å². The van der Waals surface area contributed by atoms with E-state index in [9.17, 15) is 4.79 Å². The van der Waals surface area contributed by atoms with Crippen LogP contribution < -0.4 is 22.3 Å². The molecule has 4 aromatic rings. The first-order valence-corrected chi connectivity index (χ1v) is 9.84. The molecule has 0 amide bonds.